The van der Waals surface area contributed by atoms with Crippen LogP contribution in [0.5, 0.6) is 5.75 Å². The summed E-state index contributed by atoms with van der Waals surface area (Å²) in [7, 11) is 0. The van der Waals surface area contributed by atoms with Crippen LogP contribution < -0.4 is 15.8 Å². The lowest BCUT2D eigenvalue weighted by Crippen LogP contribution is -2.32. The lowest BCUT2D eigenvalue weighted by molar-refractivity contribution is -0.119. The fourth-order valence-electron chi connectivity index (χ4n) is 2.26. The van der Waals surface area contributed by atoms with Gasteiger partial charge >= 0.3 is 0 Å². The summed E-state index contributed by atoms with van der Waals surface area (Å²) in [4.78, 5) is 22.9. The summed E-state index contributed by atoms with van der Waals surface area (Å²) in [6.07, 6.45) is 1.79. The van der Waals surface area contributed by atoms with Gasteiger partial charge in [0, 0.05) is 11.6 Å². The Balaban J connectivity index is 1.81. The summed E-state index contributed by atoms with van der Waals surface area (Å²) in [5.41, 5.74) is 6.82. The van der Waals surface area contributed by atoms with Gasteiger partial charge in [-0.2, -0.15) is 0 Å². The summed E-state index contributed by atoms with van der Waals surface area (Å²) in [5, 5.41) is 2.98. The van der Waals surface area contributed by atoms with Crippen molar-refractivity contribution in [3.05, 3.63) is 65.7 Å². The zero-order valence-corrected chi connectivity index (χ0v) is 13.7. The molecule has 0 saturated carbocycles. The molecule has 0 bridgehead atoms. The number of rotatable bonds is 8. The van der Waals surface area contributed by atoms with Crippen LogP contribution in [-0.2, 0) is 11.2 Å². The van der Waals surface area contributed by atoms with Crippen molar-refractivity contribution in [1.29, 1.82) is 0 Å². The number of nitrogens with one attached hydrogen (secondary N) is 1. The Labute approximate surface area is 141 Å². The molecule has 2 aromatic carbocycles. The van der Waals surface area contributed by atoms with E-state index in [1.54, 1.807) is 24.3 Å². The second-order valence-electron chi connectivity index (χ2n) is 5.68. The Morgan fingerprint density at radius 1 is 1.08 bits per heavy atom. The highest BCUT2D eigenvalue weighted by molar-refractivity contribution is 5.94. The van der Waals surface area contributed by atoms with E-state index in [-0.39, 0.29) is 18.6 Å². The average Bonchev–Trinajstić information content (AvgIpc) is 2.59. The number of carbonyl (C=O) groups excluding carboxylic acids is 2. The van der Waals surface area contributed by atoms with Crippen LogP contribution in [0.2, 0.25) is 0 Å². The van der Waals surface area contributed by atoms with E-state index in [2.05, 4.69) is 17.4 Å². The molecule has 0 aliphatic heterocycles. The van der Waals surface area contributed by atoms with Gasteiger partial charge in [0.2, 0.25) is 0 Å². The second-order valence-corrected chi connectivity index (χ2v) is 5.68. The first-order chi connectivity index (χ1) is 11.5. The highest BCUT2D eigenvalue weighted by Gasteiger charge is 2.10. The number of ether oxygens (including phenoxy) is 1. The van der Waals surface area contributed by atoms with Crippen LogP contribution >= 0.6 is 0 Å². The molecule has 0 heterocycles. The highest BCUT2D eigenvalue weighted by Crippen LogP contribution is 2.12. The minimum absolute atomic E-state index is 0.0727. The first-order valence-electron chi connectivity index (χ1n) is 7.90. The van der Waals surface area contributed by atoms with Crippen molar-refractivity contribution < 1.29 is 14.3 Å². The average molecular weight is 326 g/mol. The van der Waals surface area contributed by atoms with Gasteiger partial charge in [-0.1, -0.05) is 30.3 Å². The van der Waals surface area contributed by atoms with Crippen LogP contribution in [0.3, 0.4) is 0 Å². The second kappa shape index (κ2) is 8.72. The third-order valence-electron chi connectivity index (χ3n) is 3.58. The number of aryl methyl sites for hydroxylation is 1. The Kier molecular flexibility index (Phi) is 6.37. The first-order valence-corrected chi connectivity index (χ1v) is 7.90. The Bertz CT molecular complexity index is 669. The summed E-state index contributed by atoms with van der Waals surface area (Å²) in [6.45, 7) is 1.81. The topological polar surface area (TPSA) is 81.4 Å². The predicted molar refractivity (Wildman–Crippen MR) is 92.8 cm³/mol. The maximum Gasteiger partial charge on any atom is 0.255 e. The predicted octanol–water partition coefficient (Wildman–Crippen LogP) is 2.30. The van der Waals surface area contributed by atoms with Gasteiger partial charge in [0.1, 0.15) is 5.75 Å². The van der Waals surface area contributed by atoms with Gasteiger partial charge in [0.05, 0.1) is 0 Å². The number of benzene rings is 2. The van der Waals surface area contributed by atoms with E-state index in [9.17, 15) is 9.59 Å². The van der Waals surface area contributed by atoms with Crippen LogP contribution in [0.4, 0.5) is 0 Å². The van der Waals surface area contributed by atoms with Crippen LogP contribution in [0.1, 0.15) is 29.3 Å². The van der Waals surface area contributed by atoms with E-state index in [1.807, 2.05) is 25.1 Å². The van der Waals surface area contributed by atoms with Gasteiger partial charge in [0.15, 0.2) is 6.61 Å². The quantitative estimate of drug-likeness (QED) is 0.781. The molecular formula is C19H22N2O3. The molecule has 3 N–H and O–H groups in total. The molecular weight excluding hydrogens is 304 g/mol. The molecule has 0 spiro atoms. The molecule has 0 saturated heterocycles. The molecule has 0 radical (unpaired) electrons. The summed E-state index contributed by atoms with van der Waals surface area (Å²) in [5.74, 6) is -0.163. The molecule has 2 amide bonds. The first kappa shape index (κ1) is 17.5. The lowest BCUT2D eigenvalue weighted by atomic mass is 10.1. The van der Waals surface area contributed by atoms with Gasteiger partial charge in [-0.25, -0.2) is 0 Å². The molecule has 5 heteroatoms. The number of hydrogen-bond acceptors (Lipinski definition) is 3. The van der Waals surface area contributed by atoms with Crippen molar-refractivity contribution in [2.45, 2.75) is 25.8 Å². The summed E-state index contributed by atoms with van der Waals surface area (Å²) >= 11 is 0. The lowest BCUT2D eigenvalue weighted by Gasteiger charge is -2.14. The molecule has 0 unspecified atom stereocenters. The zero-order valence-electron chi connectivity index (χ0n) is 13.7. The van der Waals surface area contributed by atoms with Crippen molar-refractivity contribution in [3.8, 4) is 5.75 Å². The third kappa shape index (κ3) is 5.76. The summed E-state index contributed by atoms with van der Waals surface area (Å²) in [6, 6.07) is 16.9. The molecule has 0 fully saturated rings. The van der Waals surface area contributed by atoms with Gasteiger partial charge in [-0.3, -0.25) is 9.59 Å². The molecule has 1 atom stereocenters. The molecule has 24 heavy (non-hydrogen) atoms. The molecule has 0 aliphatic rings. The Hall–Kier alpha value is -2.82. The molecule has 0 aliphatic carbocycles. The van der Waals surface area contributed by atoms with Crippen molar-refractivity contribution in [2.24, 2.45) is 5.73 Å². The number of nitrogens with two attached hydrogens (primary N) is 1. The standard InChI is InChI=1S/C19H22N2O3/c1-14(7-8-15-5-3-2-4-6-15)21-19(23)16-9-11-17(12-10-16)24-13-18(20)22/h2-6,9-12,14H,7-8,13H2,1H3,(H2,20,22)(H,21,23)/t14-/m1/s1. The van der Waals surface area contributed by atoms with E-state index in [4.69, 9.17) is 10.5 Å². The van der Waals surface area contributed by atoms with Crippen LogP contribution in [-0.4, -0.2) is 24.5 Å². The van der Waals surface area contributed by atoms with Gasteiger partial charge in [-0.05, 0) is 49.6 Å². The van der Waals surface area contributed by atoms with Crippen LogP contribution in [0.15, 0.2) is 54.6 Å². The summed E-state index contributed by atoms with van der Waals surface area (Å²) < 4.78 is 5.16. The highest BCUT2D eigenvalue weighted by atomic mass is 16.5. The fraction of sp³-hybridized carbons (Fsp3) is 0.263. The van der Waals surface area contributed by atoms with E-state index >= 15 is 0 Å². The number of amides is 2. The molecule has 126 valence electrons. The smallest absolute Gasteiger partial charge is 0.255 e. The van der Waals surface area contributed by atoms with Crippen molar-refractivity contribution in [2.75, 3.05) is 6.61 Å². The van der Waals surface area contributed by atoms with E-state index in [0.717, 1.165) is 12.8 Å². The molecule has 2 aromatic rings. The molecule has 5 nitrogen and oxygen atoms in total. The molecule has 0 aromatic heterocycles. The number of hydrogen-bond donors (Lipinski definition) is 2. The monoisotopic (exact) mass is 326 g/mol. The van der Waals surface area contributed by atoms with Crippen LogP contribution in [0, 0.1) is 0 Å². The Morgan fingerprint density at radius 2 is 1.75 bits per heavy atom. The molecule has 2 rings (SSSR count). The largest absolute Gasteiger partial charge is 0.484 e. The van der Waals surface area contributed by atoms with Gasteiger partial charge < -0.3 is 15.8 Å². The Morgan fingerprint density at radius 3 is 2.38 bits per heavy atom. The zero-order chi connectivity index (χ0) is 17.4. The maximum atomic E-state index is 12.2. The van der Waals surface area contributed by atoms with Crippen LogP contribution in [0.25, 0.3) is 0 Å². The number of carbonyl (C=O) groups is 2. The number of primary amides is 1. The fourth-order valence-corrected chi connectivity index (χ4v) is 2.26. The SMILES string of the molecule is C[C@H](CCc1ccccc1)NC(=O)c1ccc(OCC(N)=O)cc1. The van der Waals surface area contributed by atoms with Crippen molar-refractivity contribution in [1.82, 2.24) is 5.32 Å². The van der Waals surface area contributed by atoms with E-state index < -0.39 is 5.91 Å². The van der Waals surface area contributed by atoms with Gasteiger partial charge in [0.25, 0.3) is 11.8 Å². The van der Waals surface area contributed by atoms with E-state index in [1.165, 1.54) is 5.56 Å². The normalized spacial score (nSPS) is 11.5. The third-order valence-corrected chi connectivity index (χ3v) is 3.58. The van der Waals surface area contributed by atoms with Crippen molar-refractivity contribution in [3.63, 3.8) is 0 Å². The van der Waals surface area contributed by atoms with Gasteiger partial charge in [-0.15, -0.1) is 0 Å². The minimum Gasteiger partial charge on any atom is -0.484 e. The van der Waals surface area contributed by atoms with Crippen molar-refractivity contribution >= 4 is 11.8 Å². The van der Waals surface area contributed by atoms with E-state index in [0.29, 0.717) is 11.3 Å². The maximum absolute atomic E-state index is 12.2. The minimum atomic E-state index is -0.538.